The van der Waals surface area contributed by atoms with E-state index in [9.17, 15) is 17.2 Å². The summed E-state index contributed by atoms with van der Waals surface area (Å²) in [6.45, 7) is -0.0361. The molecular weight excluding hydrogens is 402 g/mol. The van der Waals surface area contributed by atoms with Gasteiger partial charge >= 0.3 is 6.43 Å². The van der Waals surface area contributed by atoms with Crippen LogP contribution in [0.25, 0.3) is 11.5 Å². The number of nitrogens with zero attached hydrogens (tertiary/aromatic N) is 4. The molecule has 0 aliphatic heterocycles. The summed E-state index contributed by atoms with van der Waals surface area (Å²) in [6, 6.07) is 9.50. The molecule has 0 aliphatic carbocycles. The Kier molecular flexibility index (Phi) is 5.38. The van der Waals surface area contributed by atoms with E-state index in [1.165, 1.54) is 18.3 Å². The van der Waals surface area contributed by atoms with Gasteiger partial charge in [0.2, 0.25) is 15.9 Å². The van der Waals surface area contributed by atoms with Crippen molar-refractivity contribution in [1.29, 1.82) is 0 Å². The van der Waals surface area contributed by atoms with Crippen molar-refractivity contribution in [3.05, 3.63) is 59.2 Å². The molecule has 0 bridgehead atoms. The zero-order valence-electron chi connectivity index (χ0n) is 13.9. The number of anilines is 1. The van der Waals surface area contributed by atoms with Crippen molar-refractivity contribution in [2.24, 2.45) is 0 Å². The minimum atomic E-state index is -3.59. The van der Waals surface area contributed by atoms with Gasteiger partial charge in [-0.25, -0.2) is 8.42 Å². The van der Waals surface area contributed by atoms with Gasteiger partial charge in [-0.1, -0.05) is 17.7 Å². The lowest BCUT2D eigenvalue weighted by Gasteiger charge is -2.22. The fraction of sp³-hybridized carbons (Fsp3) is 0.188. The third kappa shape index (κ3) is 4.58. The fourth-order valence-electron chi connectivity index (χ4n) is 2.26. The minimum Gasteiger partial charge on any atom is -0.415 e. The van der Waals surface area contributed by atoms with Gasteiger partial charge in [-0.3, -0.25) is 9.29 Å². The number of hydrogen-bond acceptors (Lipinski definition) is 6. The van der Waals surface area contributed by atoms with Gasteiger partial charge in [-0.2, -0.15) is 8.78 Å². The smallest absolute Gasteiger partial charge is 0.314 e. The van der Waals surface area contributed by atoms with Gasteiger partial charge < -0.3 is 4.42 Å². The highest BCUT2D eigenvalue weighted by Crippen LogP contribution is 2.25. The molecule has 0 saturated heterocycles. The number of benzene rings is 1. The van der Waals surface area contributed by atoms with Crippen LogP contribution < -0.4 is 4.31 Å². The highest BCUT2D eigenvalue weighted by Gasteiger charge is 2.20. The average Bonchev–Trinajstić information content (AvgIpc) is 3.09. The zero-order valence-corrected chi connectivity index (χ0v) is 15.5. The molecule has 1 aromatic carbocycles. The van der Waals surface area contributed by atoms with Crippen molar-refractivity contribution in [1.82, 2.24) is 15.2 Å². The van der Waals surface area contributed by atoms with Crippen molar-refractivity contribution < 1.29 is 21.6 Å². The first-order chi connectivity index (χ1) is 12.7. The molecule has 11 heteroatoms. The topological polar surface area (TPSA) is 89.2 Å². The summed E-state index contributed by atoms with van der Waals surface area (Å²) in [5, 5.41) is 7.18. The van der Waals surface area contributed by atoms with Crippen LogP contribution in [0.3, 0.4) is 0 Å². The van der Waals surface area contributed by atoms with Crippen LogP contribution in [0.1, 0.15) is 18.0 Å². The third-order valence-electron chi connectivity index (χ3n) is 3.50. The molecule has 0 atom stereocenters. The molecule has 0 unspecified atom stereocenters. The Morgan fingerprint density at radius 3 is 2.56 bits per heavy atom. The highest BCUT2D eigenvalue weighted by atomic mass is 35.5. The van der Waals surface area contributed by atoms with Gasteiger partial charge in [-0.15, -0.1) is 10.2 Å². The van der Waals surface area contributed by atoms with E-state index in [1.807, 2.05) is 0 Å². The summed E-state index contributed by atoms with van der Waals surface area (Å²) in [5.41, 5.74) is 1.17. The summed E-state index contributed by atoms with van der Waals surface area (Å²) >= 11 is 5.94. The number of aromatic nitrogens is 3. The molecule has 0 saturated carbocycles. The third-order valence-corrected chi connectivity index (χ3v) is 4.88. The number of alkyl halides is 2. The van der Waals surface area contributed by atoms with Crippen LogP contribution in [0.15, 0.2) is 47.0 Å². The number of halogens is 3. The summed E-state index contributed by atoms with van der Waals surface area (Å²) in [4.78, 5) is 4.16. The molecule has 3 aromatic rings. The van der Waals surface area contributed by atoms with Crippen LogP contribution >= 0.6 is 11.6 Å². The molecule has 0 fully saturated rings. The van der Waals surface area contributed by atoms with Gasteiger partial charge in [0.1, 0.15) is 0 Å². The van der Waals surface area contributed by atoms with E-state index in [4.69, 9.17) is 16.0 Å². The van der Waals surface area contributed by atoms with E-state index in [0.29, 0.717) is 22.0 Å². The molecule has 2 aromatic heterocycles. The predicted molar refractivity (Wildman–Crippen MR) is 95.0 cm³/mol. The molecular formula is C16H13ClF2N4O3S. The summed E-state index contributed by atoms with van der Waals surface area (Å²) in [5.74, 6) is -0.877. The van der Waals surface area contributed by atoms with E-state index < -0.39 is 22.3 Å². The zero-order chi connectivity index (χ0) is 19.6. The first kappa shape index (κ1) is 19.2. The number of pyridine rings is 1. The van der Waals surface area contributed by atoms with Crippen LogP contribution in [0.4, 0.5) is 14.5 Å². The Hall–Kier alpha value is -2.59. The average molecular weight is 415 g/mol. The van der Waals surface area contributed by atoms with Crippen LogP contribution in [-0.4, -0.2) is 29.9 Å². The molecule has 0 radical (unpaired) electrons. The Balaban J connectivity index is 1.85. The normalized spacial score (nSPS) is 11.7. The van der Waals surface area contributed by atoms with Gasteiger partial charge in [0, 0.05) is 11.2 Å². The van der Waals surface area contributed by atoms with E-state index in [2.05, 4.69) is 15.2 Å². The van der Waals surface area contributed by atoms with E-state index >= 15 is 0 Å². The Labute approximate surface area is 158 Å². The highest BCUT2D eigenvalue weighted by molar-refractivity contribution is 7.92. The summed E-state index contributed by atoms with van der Waals surface area (Å²) in [7, 11) is -3.59. The van der Waals surface area contributed by atoms with Crippen LogP contribution in [-0.2, 0) is 16.6 Å². The second-order valence-corrected chi connectivity index (χ2v) is 7.88. The molecule has 0 aliphatic rings. The van der Waals surface area contributed by atoms with Crippen LogP contribution in [0, 0.1) is 0 Å². The maximum atomic E-state index is 12.5. The Morgan fingerprint density at radius 1 is 1.22 bits per heavy atom. The first-order valence-electron chi connectivity index (χ1n) is 7.54. The lowest BCUT2D eigenvalue weighted by molar-refractivity contribution is 0.116. The molecule has 7 nitrogen and oxygen atoms in total. The molecule has 2 heterocycles. The van der Waals surface area contributed by atoms with Gasteiger partial charge in [0.25, 0.3) is 5.89 Å². The number of hydrogen-bond donors (Lipinski definition) is 0. The number of sulfonamides is 1. The van der Waals surface area contributed by atoms with Crippen molar-refractivity contribution in [3.8, 4) is 11.5 Å². The molecule has 0 N–H and O–H groups in total. The van der Waals surface area contributed by atoms with Crippen LogP contribution in [0.5, 0.6) is 0 Å². The van der Waals surface area contributed by atoms with Gasteiger partial charge in [-0.05, 0) is 30.3 Å². The predicted octanol–water partition coefficient (Wildman–Crippen LogP) is 3.69. The SMILES string of the molecule is CS(=O)(=O)N(Cc1ccc(-c2nnc(C(F)F)o2)cn1)c1cccc(Cl)c1. The van der Waals surface area contributed by atoms with E-state index in [0.717, 1.165) is 10.6 Å². The lowest BCUT2D eigenvalue weighted by Crippen LogP contribution is -2.29. The largest absolute Gasteiger partial charge is 0.415 e. The first-order valence-corrected chi connectivity index (χ1v) is 9.77. The van der Waals surface area contributed by atoms with Gasteiger partial charge in [0.15, 0.2) is 0 Å². The summed E-state index contributed by atoms with van der Waals surface area (Å²) in [6.07, 6.45) is -0.442. The molecule has 3 rings (SSSR count). The molecule has 0 amide bonds. The maximum absolute atomic E-state index is 12.5. The second-order valence-electron chi connectivity index (χ2n) is 5.53. The van der Waals surface area contributed by atoms with Crippen LogP contribution in [0.2, 0.25) is 5.02 Å². The Bertz CT molecular complexity index is 1040. The van der Waals surface area contributed by atoms with E-state index in [-0.39, 0.29) is 12.4 Å². The van der Waals surface area contributed by atoms with Gasteiger partial charge in [0.05, 0.1) is 29.7 Å². The van der Waals surface area contributed by atoms with Crippen molar-refractivity contribution in [2.45, 2.75) is 13.0 Å². The summed E-state index contributed by atoms with van der Waals surface area (Å²) < 4.78 is 55.4. The standard InChI is InChI=1S/C16H13ClF2N4O3S/c1-27(24,25)23(13-4-2-3-11(17)7-13)9-12-6-5-10(8-20-12)15-21-22-16(26-15)14(18)19/h2-8,14H,9H2,1H3. The second kappa shape index (κ2) is 7.57. The lowest BCUT2D eigenvalue weighted by atomic mass is 10.2. The Morgan fingerprint density at radius 2 is 2.00 bits per heavy atom. The maximum Gasteiger partial charge on any atom is 0.314 e. The monoisotopic (exact) mass is 414 g/mol. The molecule has 142 valence electrons. The quantitative estimate of drug-likeness (QED) is 0.611. The van der Waals surface area contributed by atoms with Crippen molar-refractivity contribution in [3.63, 3.8) is 0 Å². The van der Waals surface area contributed by atoms with E-state index in [1.54, 1.807) is 24.3 Å². The molecule has 27 heavy (non-hydrogen) atoms. The minimum absolute atomic E-state index is 0.0361. The molecule has 0 spiro atoms. The fourth-order valence-corrected chi connectivity index (χ4v) is 3.31. The number of rotatable bonds is 6. The van der Waals surface area contributed by atoms with Crippen molar-refractivity contribution >= 4 is 27.3 Å². The van der Waals surface area contributed by atoms with Crippen molar-refractivity contribution in [2.75, 3.05) is 10.6 Å².